The summed E-state index contributed by atoms with van der Waals surface area (Å²) < 4.78 is 88.0. The Hall–Kier alpha value is -3.42. The number of alkyl halides is 6. The highest BCUT2D eigenvalue weighted by molar-refractivity contribution is 5.56. The highest BCUT2D eigenvalue weighted by Gasteiger charge is 2.72. The second kappa shape index (κ2) is 12.2. The summed E-state index contributed by atoms with van der Waals surface area (Å²) in [6.07, 6.45) is -11.3. The standard InChI is InChI=1S/C31H36F6N2/c1-21(2)17-38(18-22(3)4)27-13-9-25(10-14-27)29(30(32,33)34,31(35,36)37)26-11-15-28(16-12-26)39(19-23(5)6)20-24(7)8/h9-16H,1,3,5,7,17-20H2,2,4,6,8H3. The molecule has 2 nitrogen and oxygen atoms in total. The van der Waals surface area contributed by atoms with Crippen molar-refractivity contribution >= 4 is 11.4 Å². The Kier molecular flexibility index (Phi) is 9.93. The van der Waals surface area contributed by atoms with Gasteiger partial charge in [-0.15, -0.1) is 0 Å². The Morgan fingerprint density at radius 2 is 0.744 bits per heavy atom. The summed E-state index contributed by atoms with van der Waals surface area (Å²) in [6.45, 7) is 24.1. The van der Waals surface area contributed by atoms with E-state index in [0.717, 1.165) is 46.6 Å². The first-order chi connectivity index (χ1) is 17.9. The van der Waals surface area contributed by atoms with Crippen LogP contribution in [-0.2, 0) is 5.41 Å². The number of benzene rings is 2. The Labute approximate surface area is 227 Å². The van der Waals surface area contributed by atoms with Gasteiger partial charge in [-0.25, -0.2) is 0 Å². The van der Waals surface area contributed by atoms with Gasteiger partial charge in [0, 0.05) is 37.6 Å². The van der Waals surface area contributed by atoms with E-state index in [4.69, 9.17) is 0 Å². The van der Waals surface area contributed by atoms with E-state index < -0.39 is 28.9 Å². The van der Waals surface area contributed by atoms with E-state index in [2.05, 4.69) is 26.3 Å². The van der Waals surface area contributed by atoms with Crippen molar-refractivity contribution in [1.29, 1.82) is 0 Å². The molecule has 0 saturated heterocycles. The van der Waals surface area contributed by atoms with Crippen molar-refractivity contribution in [3.8, 4) is 0 Å². The van der Waals surface area contributed by atoms with Crippen LogP contribution in [0.5, 0.6) is 0 Å². The van der Waals surface area contributed by atoms with E-state index in [0.29, 0.717) is 37.6 Å². The van der Waals surface area contributed by atoms with Crippen LogP contribution in [0.4, 0.5) is 37.7 Å². The molecule has 2 aromatic carbocycles. The van der Waals surface area contributed by atoms with Crippen LogP contribution < -0.4 is 9.80 Å². The zero-order valence-corrected chi connectivity index (χ0v) is 22.9. The third-order valence-electron chi connectivity index (χ3n) is 6.02. The van der Waals surface area contributed by atoms with E-state index >= 15 is 0 Å². The molecule has 0 heterocycles. The van der Waals surface area contributed by atoms with Gasteiger partial charge in [-0.05, 0) is 63.1 Å². The second-order valence-corrected chi connectivity index (χ2v) is 10.4. The van der Waals surface area contributed by atoms with Crippen LogP contribution in [0.1, 0.15) is 38.8 Å². The fourth-order valence-corrected chi connectivity index (χ4v) is 4.61. The van der Waals surface area contributed by atoms with E-state index in [1.165, 1.54) is 24.3 Å². The molecule has 212 valence electrons. The van der Waals surface area contributed by atoms with Gasteiger partial charge in [-0.3, -0.25) is 0 Å². The van der Waals surface area contributed by atoms with E-state index in [9.17, 15) is 26.3 Å². The molecule has 0 fully saturated rings. The summed E-state index contributed by atoms with van der Waals surface area (Å²) in [5, 5.41) is 0. The van der Waals surface area contributed by atoms with Gasteiger partial charge in [-0.2, -0.15) is 26.3 Å². The normalized spacial score (nSPS) is 12.2. The third kappa shape index (κ3) is 7.37. The lowest BCUT2D eigenvalue weighted by molar-refractivity contribution is -0.288. The molecule has 2 rings (SSSR count). The molecule has 0 amide bonds. The first-order valence-corrected chi connectivity index (χ1v) is 12.3. The lowest BCUT2D eigenvalue weighted by Gasteiger charge is -2.39. The molecule has 39 heavy (non-hydrogen) atoms. The Morgan fingerprint density at radius 3 is 0.923 bits per heavy atom. The van der Waals surface area contributed by atoms with Crippen LogP contribution in [-0.4, -0.2) is 38.5 Å². The topological polar surface area (TPSA) is 6.48 Å². The van der Waals surface area contributed by atoms with Crippen molar-refractivity contribution in [2.24, 2.45) is 0 Å². The van der Waals surface area contributed by atoms with Gasteiger partial charge in [0.15, 0.2) is 0 Å². The van der Waals surface area contributed by atoms with E-state index in [1.807, 2.05) is 0 Å². The average molecular weight is 551 g/mol. The summed E-state index contributed by atoms with van der Waals surface area (Å²) >= 11 is 0. The fourth-order valence-electron chi connectivity index (χ4n) is 4.61. The van der Waals surface area contributed by atoms with Crippen molar-refractivity contribution in [2.45, 2.75) is 45.5 Å². The number of anilines is 2. The predicted molar refractivity (Wildman–Crippen MR) is 149 cm³/mol. The molecule has 2 aromatic rings. The summed E-state index contributed by atoms with van der Waals surface area (Å²) in [5.41, 5.74) is -1.98. The quantitative estimate of drug-likeness (QED) is 0.192. The van der Waals surface area contributed by atoms with Gasteiger partial charge in [-0.1, -0.05) is 72.9 Å². The molecule has 0 aliphatic rings. The monoisotopic (exact) mass is 550 g/mol. The number of hydrogen-bond donors (Lipinski definition) is 0. The van der Waals surface area contributed by atoms with Crippen LogP contribution >= 0.6 is 0 Å². The largest absolute Gasteiger partial charge is 0.411 e. The minimum absolute atomic E-state index is 0.377. The molecule has 0 aliphatic heterocycles. The van der Waals surface area contributed by atoms with Crippen molar-refractivity contribution in [1.82, 2.24) is 0 Å². The molecule has 0 aromatic heterocycles. The zero-order valence-electron chi connectivity index (χ0n) is 22.9. The van der Waals surface area contributed by atoms with Crippen LogP contribution in [0.3, 0.4) is 0 Å². The summed E-state index contributed by atoms with van der Waals surface area (Å²) in [7, 11) is 0. The van der Waals surface area contributed by atoms with Crippen molar-refractivity contribution in [3.05, 3.63) is 108 Å². The molecule has 0 saturated carbocycles. The Morgan fingerprint density at radius 1 is 0.513 bits per heavy atom. The van der Waals surface area contributed by atoms with Gasteiger partial charge in [0.05, 0.1) is 0 Å². The minimum atomic E-state index is -5.67. The van der Waals surface area contributed by atoms with Gasteiger partial charge < -0.3 is 9.80 Å². The van der Waals surface area contributed by atoms with Crippen molar-refractivity contribution < 1.29 is 26.3 Å². The summed E-state index contributed by atoms with van der Waals surface area (Å²) in [6, 6.07) is 8.75. The summed E-state index contributed by atoms with van der Waals surface area (Å²) in [4.78, 5) is 3.59. The average Bonchev–Trinajstić information content (AvgIpc) is 2.76. The number of hydrogen-bond acceptors (Lipinski definition) is 2. The second-order valence-electron chi connectivity index (χ2n) is 10.4. The van der Waals surface area contributed by atoms with Crippen LogP contribution in [0.25, 0.3) is 0 Å². The molecular formula is C31H36F6N2. The Bertz CT molecular complexity index is 1060. The highest BCUT2D eigenvalue weighted by Crippen LogP contribution is 2.56. The van der Waals surface area contributed by atoms with Crippen LogP contribution in [0.2, 0.25) is 0 Å². The van der Waals surface area contributed by atoms with Crippen LogP contribution in [0.15, 0.2) is 97.1 Å². The number of rotatable bonds is 12. The molecule has 0 atom stereocenters. The SMILES string of the molecule is C=C(C)CN(CC(=C)C)c1ccc(C(c2ccc(N(CC(=C)C)CC(=C)C)cc2)(C(F)(F)F)C(F)(F)F)cc1. The molecule has 0 aliphatic carbocycles. The minimum Gasteiger partial charge on any atom is -0.364 e. The van der Waals surface area contributed by atoms with Gasteiger partial charge in [0.1, 0.15) is 0 Å². The number of nitrogens with zero attached hydrogens (tertiary/aromatic N) is 2. The van der Waals surface area contributed by atoms with E-state index in [-0.39, 0.29) is 0 Å². The van der Waals surface area contributed by atoms with E-state index in [1.54, 1.807) is 37.5 Å². The molecular weight excluding hydrogens is 514 g/mol. The van der Waals surface area contributed by atoms with Gasteiger partial charge in [0.2, 0.25) is 5.41 Å². The molecule has 0 bridgehead atoms. The highest BCUT2D eigenvalue weighted by atomic mass is 19.4. The third-order valence-corrected chi connectivity index (χ3v) is 6.02. The van der Waals surface area contributed by atoms with Crippen LogP contribution in [0, 0.1) is 0 Å². The maximum absolute atomic E-state index is 14.7. The smallest absolute Gasteiger partial charge is 0.364 e. The maximum Gasteiger partial charge on any atom is 0.411 e. The van der Waals surface area contributed by atoms with Gasteiger partial charge >= 0.3 is 12.4 Å². The lowest BCUT2D eigenvalue weighted by atomic mass is 9.72. The molecule has 0 N–H and O–H groups in total. The number of halogens is 6. The van der Waals surface area contributed by atoms with Crippen molar-refractivity contribution in [3.63, 3.8) is 0 Å². The van der Waals surface area contributed by atoms with Crippen molar-refractivity contribution in [2.75, 3.05) is 36.0 Å². The fraction of sp³-hybridized carbons (Fsp3) is 0.355. The Balaban J connectivity index is 2.69. The summed E-state index contributed by atoms with van der Waals surface area (Å²) in [5.74, 6) is 0. The molecule has 0 radical (unpaired) electrons. The van der Waals surface area contributed by atoms with Gasteiger partial charge in [0.25, 0.3) is 0 Å². The first-order valence-electron chi connectivity index (χ1n) is 12.3. The lowest BCUT2D eigenvalue weighted by Crippen LogP contribution is -2.54. The molecule has 8 heteroatoms. The molecule has 0 unspecified atom stereocenters. The predicted octanol–water partition coefficient (Wildman–Crippen LogP) is 9.01. The zero-order chi connectivity index (χ0) is 29.8. The maximum atomic E-state index is 14.7. The molecule has 0 spiro atoms. The first kappa shape index (κ1) is 31.8.